The molecule has 3 saturated heterocycles. The van der Waals surface area contributed by atoms with Crippen molar-refractivity contribution in [3.63, 3.8) is 0 Å². The molecule has 44 heavy (non-hydrogen) atoms. The van der Waals surface area contributed by atoms with Gasteiger partial charge in [0, 0.05) is 46.7 Å². The molecule has 2 aromatic carbocycles. The van der Waals surface area contributed by atoms with E-state index < -0.39 is 11.9 Å². The number of hydrogen-bond donors (Lipinski definition) is 2. The maximum Gasteiger partial charge on any atom is 0.337 e. The first-order chi connectivity index (χ1) is 21.2. The molecule has 226 valence electrons. The summed E-state index contributed by atoms with van der Waals surface area (Å²) < 4.78 is 7.98. The number of aromatic nitrogens is 1. The van der Waals surface area contributed by atoms with Crippen LogP contribution >= 0.6 is 0 Å². The van der Waals surface area contributed by atoms with Crippen LogP contribution in [-0.2, 0) is 14.9 Å². The van der Waals surface area contributed by atoms with Crippen LogP contribution in [0.25, 0.3) is 5.69 Å². The van der Waals surface area contributed by atoms with Gasteiger partial charge < -0.3 is 24.4 Å². The van der Waals surface area contributed by atoms with E-state index in [-0.39, 0.29) is 28.6 Å². The topological polar surface area (TPSA) is 112 Å². The van der Waals surface area contributed by atoms with E-state index >= 15 is 0 Å². The Morgan fingerprint density at radius 1 is 1.02 bits per heavy atom. The molecule has 2 bridgehead atoms. The highest BCUT2D eigenvalue weighted by atomic mass is 16.5. The predicted octanol–water partition coefficient (Wildman–Crippen LogP) is 4.58. The Bertz CT molecular complexity index is 1780. The molecule has 6 atom stereocenters. The zero-order chi connectivity index (χ0) is 30.5. The summed E-state index contributed by atoms with van der Waals surface area (Å²) in [6.45, 7) is 6.45. The van der Waals surface area contributed by atoms with Crippen molar-refractivity contribution in [2.75, 3.05) is 24.6 Å². The lowest BCUT2D eigenvalue weighted by molar-refractivity contribution is -0.132. The lowest BCUT2D eigenvalue weighted by Gasteiger charge is -2.58. The van der Waals surface area contributed by atoms with E-state index in [2.05, 4.69) is 40.1 Å². The monoisotopic (exact) mass is 593 g/mol. The Labute approximate surface area is 255 Å². The Balaban J connectivity index is 0.000000138. The largest absolute Gasteiger partial charge is 0.478 e. The molecule has 9 nitrogen and oxygen atoms in total. The molecule has 6 heterocycles. The fourth-order valence-electron chi connectivity index (χ4n) is 9.66. The van der Waals surface area contributed by atoms with Crippen LogP contribution in [0.3, 0.4) is 0 Å². The molecule has 1 amide bonds. The number of carboxylic acid groups (broad SMARTS) is 2. The summed E-state index contributed by atoms with van der Waals surface area (Å²) in [4.78, 5) is 40.1. The number of amides is 1. The number of nitrogens with zero attached hydrogens (tertiary/aromatic N) is 3. The van der Waals surface area contributed by atoms with Gasteiger partial charge in [-0.1, -0.05) is 35.9 Å². The molecule has 0 unspecified atom stereocenters. The first-order valence-corrected chi connectivity index (χ1v) is 15.4. The number of carbonyl (C=O) groups excluding carboxylic acids is 1. The quantitative estimate of drug-likeness (QED) is 0.428. The first kappa shape index (κ1) is 27.3. The zero-order valence-electron chi connectivity index (χ0n) is 24.8. The van der Waals surface area contributed by atoms with Crippen molar-refractivity contribution in [3.05, 3.63) is 94.3 Å². The number of aromatic carboxylic acids is 2. The molecule has 5 aliphatic heterocycles. The van der Waals surface area contributed by atoms with Crippen LogP contribution in [0.2, 0.25) is 0 Å². The number of carboxylic acids is 2. The van der Waals surface area contributed by atoms with Gasteiger partial charge >= 0.3 is 11.9 Å². The average Bonchev–Trinajstić information content (AvgIpc) is 3.60. The molecule has 9 heteroatoms. The fraction of sp³-hybridized carbons (Fsp3) is 0.400. The van der Waals surface area contributed by atoms with Crippen molar-refractivity contribution in [2.45, 2.75) is 56.7 Å². The number of aryl methyl sites for hydroxylation is 1. The third kappa shape index (κ3) is 3.62. The molecule has 9 rings (SSSR count). The SMILES string of the molecule is Cc1cc(C(=O)O)c(C)n1-c1cccc(C(=O)O)c1.O=C1C[C@H]2OCC=C3CN4CC[C@@]56c7ccccc7N1[C@@H]5[C@H]2[C@H]3C[C@@H]46. The van der Waals surface area contributed by atoms with Crippen molar-refractivity contribution in [1.82, 2.24) is 9.47 Å². The molecular weight excluding hydrogens is 558 g/mol. The lowest BCUT2D eigenvalue weighted by atomic mass is 9.53. The molecule has 1 aromatic heterocycles. The third-order valence-electron chi connectivity index (χ3n) is 11.2. The number of hydrogen-bond acceptors (Lipinski definition) is 5. The van der Waals surface area contributed by atoms with E-state index in [4.69, 9.17) is 14.9 Å². The molecule has 1 aliphatic carbocycles. The first-order valence-electron chi connectivity index (χ1n) is 15.4. The maximum atomic E-state index is 13.2. The highest BCUT2D eigenvalue weighted by molar-refractivity contribution is 5.99. The average molecular weight is 594 g/mol. The Morgan fingerprint density at radius 2 is 1.84 bits per heavy atom. The number of carbonyl (C=O) groups is 3. The molecule has 2 N–H and O–H groups in total. The number of benzene rings is 2. The van der Waals surface area contributed by atoms with Crippen molar-refractivity contribution in [3.8, 4) is 5.69 Å². The van der Waals surface area contributed by atoms with Crippen molar-refractivity contribution < 1.29 is 29.3 Å². The molecule has 4 fully saturated rings. The highest BCUT2D eigenvalue weighted by Crippen LogP contribution is 2.65. The second kappa shape index (κ2) is 9.64. The van der Waals surface area contributed by atoms with Crippen molar-refractivity contribution in [2.24, 2.45) is 11.8 Å². The summed E-state index contributed by atoms with van der Waals surface area (Å²) >= 11 is 0. The van der Waals surface area contributed by atoms with Crippen LogP contribution in [0.15, 0.2) is 66.2 Å². The van der Waals surface area contributed by atoms with Crippen LogP contribution in [0.4, 0.5) is 5.69 Å². The van der Waals surface area contributed by atoms with Gasteiger partial charge in [0.05, 0.1) is 36.3 Å². The number of ether oxygens (including phenoxy) is 1. The van der Waals surface area contributed by atoms with Gasteiger partial charge in [0.15, 0.2) is 0 Å². The fourth-order valence-corrected chi connectivity index (χ4v) is 9.66. The zero-order valence-corrected chi connectivity index (χ0v) is 24.8. The van der Waals surface area contributed by atoms with Gasteiger partial charge in [-0.25, -0.2) is 9.59 Å². The minimum atomic E-state index is -1.01. The number of rotatable bonds is 3. The Morgan fingerprint density at radius 3 is 2.61 bits per heavy atom. The molecule has 0 radical (unpaired) electrons. The van der Waals surface area contributed by atoms with E-state index in [1.165, 1.54) is 42.8 Å². The molecule has 6 aliphatic rings. The number of para-hydroxylation sites is 1. The smallest absolute Gasteiger partial charge is 0.337 e. The Kier molecular flexibility index (Phi) is 5.99. The van der Waals surface area contributed by atoms with Gasteiger partial charge in [0.1, 0.15) is 0 Å². The van der Waals surface area contributed by atoms with E-state index in [9.17, 15) is 14.4 Å². The molecule has 1 saturated carbocycles. The van der Waals surface area contributed by atoms with Crippen LogP contribution in [0, 0.1) is 25.7 Å². The second-order valence-electron chi connectivity index (χ2n) is 13.1. The predicted molar refractivity (Wildman–Crippen MR) is 163 cm³/mol. The highest BCUT2D eigenvalue weighted by Gasteiger charge is 2.70. The number of piperidine rings is 2. The van der Waals surface area contributed by atoms with Gasteiger partial charge in [-0.3, -0.25) is 9.69 Å². The van der Waals surface area contributed by atoms with E-state index in [0.29, 0.717) is 48.3 Å². The summed E-state index contributed by atoms with van der Waals surface area (Å²) in [5, 5.41) is 18.1. The van der Waals surface area contributed by atoms with Gasteiger partial charge in [0.25, 0.3) is 0 Å². The van der Waals surface area contributed by atoms with Gasteiger partial charge in [0.2, 0.25) is 5.91 Å². The van der Waals surface area contributed by atoms with Gasteiger partial charge in [-0.15, -0.1) is 0 Å². The van der Waals surface area contributed by atoms with Crippen LogP contribution in [-0.4, -0.2) is 75.4 Å². The van der Waals surface area contributed by atoms with Crippen molar-refractivity contribution >= 4 is 23.5 Å². The van der Waals surface area contributed by atoms with Crippen LogP contribution in [0.5, 0.6) is 0 Å². The van der Waals surface area contributed by atoms with Gasteiger partial charge in [-0.2, -0.15) is 0 Å². The summed E-state index contributed by atoms with van der Waals surface area (Å²) in [5.74, 6) is -0.654. The third-order valence-corrected chi connectivity index (χ3v) is 11.2. The minimum absolute atomic E-state index is 0.104. The summed E-state index contributed by atoms with van der Waals surface area (Å²) in [6, 6.07) is 17.6. The van der Waals surface area contributed by atoms with Crippen molar-refractivity contribution in [1.29, 1.82) is 0 Å². The Hall–Kier alpha value is -4.21. The molecular formula is C35H35N3O6. The standard InChI is InChI=1S/C21H22N2O2.C14H13NO4/c24-18-10-16-19-13-9-17-21(6-7-22(17)11-12(13)5-8-25-16)14-3-1-2-4-15(14)23(18)20(19)21;1-8-6-12(14(18)19)9(2)15(8)11-5-3-4-10(7-11)13(16)17/h1-5,13,16-17,19-20H,6-11H2;3-7H,1-2H3,(H,16,17)(H,18,19)/t13-,16+,17+,19-,20+,21-;/m0./s1. The summed E-state index contributed by atoms with van der Waals surface area (Å²) in [7, 11) is 0. The van der Waals surface area contributed by atoms with E-state index in [0.717, 1.165) is 12.2 Å². The van der Waals surface area contributed by atoms with E-state index in [1.807, 2.05) is 0 Å². The van der Waals surface area contributed by atoms with Crippen LogP contribution in [0.1, 0.15) is 56.9 Å². The lowest BCUT2D eigenvalue weighted by Crippen LogP contribution is -2.69. The summed E-state index contributed by atoms with van der Waals surface area (Å²) in [6.07, 6.45) is 5.43. The minimum Gasteiger partial charge on any atom is -0.478 e. The van der Waals surface area contributed by atoms with Crippen LogP contribution < -0.4 is 4.90 Å². The number of anilines is 1. The molecule has 3 aromatic rings. The van der Waals surface area contributed by atoms with E-state index in [1.54, 1.807) is 42.2 Å². The molecule has 1 spiro atoms. The number of fused-ring (bicyclic) bond motifs is 2. The normalized spacial score (nSPS) is 30.6. The second-order valence-corrected chi connectivity index (χ2v) is 13.1. The van der Waals surface area contributed by atoms with Gasteiger partial charge in [-0.05, 0) is 75.0 Å². The maximum absolute atomic E-state index is 13.2. The summed E-state index contributed by atoms with van der Waals surface area (Å²) in [5.41, 5.74) is 6.71.